The maximum atomic E-state index is 11.2. The number of hydrogen-bond donors (Lipinski definition) is 1. The third-order valence-electron chi connectivity index (χ3n) is 3.38. The molecule has 0 saturated heterocycles. The van der Waals surface area contributed by atoms with Crippen LogP contribution in [0.25, 0.3) is 0 Å². The molecular formula is C17H20O6. The van der Waals surface area contributed by atoms with E-state index in [2.05, 4.69) is 0 Å². The van der Waals surface area contributed by atoms with E-state index < -0.39 is 24.1 Å². The zero-order valence-corrected chi connectivity index (χ0v) is 13.1. The summed E-state index contributed by atoms with van der Waals surface area (Å²) in [5.74, 6) is -0.861. The van der Waals surface area contributed by atoms with Crippen LogP contribution in [-0.4, -0.2) is 35.9 Å². The van der Waals surface area contributed by atoms with E-state index in [0.29, 0.717) is 0 Å². The maximum Gasteiger partial charge on any atom is 0.303 e. The van der Waals surface area contributed by atoms with Crippen molar-refractivity contribution in [2.24, 2.45) is 0 Å². The largest absolute Gasteiger partial charge is 0.463 e. The van der Waals surface area contributed by atoms with Gasteiger partial charge >= 0.3 is 11.9 Å². The van der Waals surface area contributed by atoms with E-state index in [1.807, 2.05) is 24.3 Å². The van der Waals surface area contributed by atoms with Crippen LogP contribution in [0.2, 0.25) is 0 Å². The highest BCUT2D eigenvalue weighted by Gasteiger charge is 2.31. The van der Waals surface area contributed by atoms with Crippen molar-refractivity contribution < 1.29 is 28.9 Å². The average Bonchev–Trinajstić information content (AvgIpc) is 2.53. The number of esters is 2. The fourth-order valence-electron chi connectivity index (χ4n) is 2.34. The van der Waals surface area contributed by atoms with E-state index in [1.165, 1.54) is 13.8 Å². The molecule has 1 N–H and O–H groups in total. The lowest BCUT2D eigenvalue weighted by molar-refractivity contribution is -0.163. The van der Waals surface area contributed by atoms with E-state index in [9.17, 15) is 14.7 Å². The standard InChI is InChI=1S/C17H20O6/c1-11(19)21-10-17-16(22-12(2)20)7-6-15(23-17)14-5-3-4-13(8-14)9-18/h3-8,15-18H,9-10H2,1-2H3/t15-,16-,17+/m0/s1. The summed E-state index contributed by atoms with van der Waals surface area (Å²) >= 11 is 0. The van der Waals surface area contributed by atoms with Gasteiger partial charge in [0.15, 0.2) is 0 Å². The van der Waals surface area contributed by atoms with Gasteiger partial charge in [0.2, 0.25) is 0 Å². The summed E-state index contributed by atoms with van der Waals surface area (Å²) in [6.07, 6.45) is 1.96. The SMILES string of the molecule is CC(=O)OC[C@H]1O[C@H](c2cccc(CO)c2)C=C[C@@H]1OC(C)=O. The predicted molar refractivity (Wildman–Crippen MR) is 81.3 cm³/mol. The Kier molecular flexibility index (Phi) is 5.90. The van der Waals surface area contributed by atoms with Gasteiger partial charge in [0.05, 0.1) is 6.61 Å². The molecule has 6 heteroatoms. The van der Waals surface area contributed by atoms with Crippen LogP contribution in [0, 0.1) is 0 Å². The number of ether oxygens (including phenoxy) is 3. The van der Waals surface area contributed by atoms with Crippen molar-refractivity contribution in [3.8, 4) is 0 Å². The fourth-order valence-corrected chi connectivity index (χ4v) is 2.34. The minimum Gasteiger partial charge on any atom is -0.463 e. The Hall–Kier alpha value is -2.18. The molecule has 0 amide bonds. The molecule has 1 aromatic rings. The Morgan fingerprint density at radius 1 is 1.22 bits per heavy atom. The van der Waals surface area contributed by atoms with E-state index in [0.717, 1.165) is 11.1 Å². The number of aliphatic hydroxyl groups excluding tert-OH is 1. The van der Waals surface area contributed by atoms with Crippen LogP contribution < -0.4 is 0 Å². The molecule has 0 aliphatic carbocycles. The molecule has 0 spiro atoms. The van der Waals surface area contributed by atoms with E-state index in [1.54, 1.807) is 12.2 Å². The molecule has 1 heterocycles. The molecule has 23 heavy (non-hydrogen) atoms. The second kappa shape index (κ2) is 7.89. The van der Waals surface area contributed by atoms with Crippen LogP contribution in [0.5, 0.6) is 0 Å². The summed E-state index contributed by atoms with van der Waals surface area (Å²) < 4.78 is 16.1. The molecule has 0 radical (unpaired) electrons. The Bertz CT molecular complexity index is 595. The highest BCUT2D eigenvalue weighted by molar-refractivity contribution is 5.66. The average molecular weight is 320 g/mol. The Balaban J connectivity index is 2.16. The zero-order valence-electron chi connectivity index (χ0n) is 13.1. The molecule has 0 aromatic heterocycles. The third-order valence-corrected chi connectivity index (χ3v) is 3.38. The second-order valence-corrected chi connectivity index (χ2v) is 5.26. The molecule has 1 aliphatic heterocycles. The maximum absolute atomic E-state index is 11.2. The number of carbonyl (C=O) groups excluding carboxylic acids is 2. The molecule has 0 fully saturated rings. The van der Waals surface area contributed by atoms with Gasteiger partial charge in [-0.2, -0.15) is 0 Å². The summed E-state index contributed by atoms with van der Waals surface area (Å²) in [5.41, 5.74) is 1.64. The van der Waals surface area contributed by atoms with Gasteiger partial charge in [0.25, 0.3) is 0 Å². The highest BCUT2D eigenvalue weighted by Crippen LogP contribution is 2.28. The normalized spacial score (nSPS) is 23.3. The zero-order chi connectivity index (χ0) is 16.8. The van der Waals surface area contributed by atoms with Crippen molar-refractivity contribution in [3.63, 3.8) is 0 Å². The molecule has 2 rings (SSSR count). The van der Waals surface area contributed by atoms with Crippen molar-refractivity contribution in [2.75, 3.05) is 6.61 Å². The number of benzene rings is 1. The van der Waals surface area contributed by atoms with Gasteiger partial charge in [0.1, 0.15) is 24.9 Å². The lowest BCUT2D eigenvalue weighted by Crippen LogP contribution is -2.39. The Morgan fingerprint density at radius 3 is 2.65 bits per heavy atom. The van der Waals surface area contributed by atoms with Gasteiger partial charge in [-0.05, 0) is 17.2 Å². The fraction of sp³-hybridized carbons (Fsp3) is 0.412. The second-order valence-electron chi connectivity index (χ2n) is 5.26. The van der Waals surface area contributed by atoms with Gasteiger partial charge in [-0.3, -0.25) is 9.59 Å². The lowest BCUT2D eigenvalue weighted by atomic mass is 10.0. The van der Waals surface area contributed by atoms with E-state index >= 15 is 0 Å². The molecule has 1 aromatic carbocycles. The van der Waals surface area contributed by atoms with Gasteiger partial charge in [-0.15, -0.1) is 0 Å². The highest BCUT2D eigenvalue weighted by atomic mass is 16.6. The Morgan fingerprint density at radius 2 is 2.00 bits per heavy atom. The first-order valence-corrected chi connectivity index (χ1v) is 7.33. The molecule has 0 saturated carbocycles. The smallest absolute Gasteiger partial charge is 0.303 e. The first-order valence-electron chi connectivity index (χ1n) is 7.33. The van der Waals surface area contributed by atoms with Crippen molar-refractivity contribution in [3.05, 3.63) is 47.5 Å². The summed E-state index contributed by atoms with van der Waals surface area (Å²) in [4.78, 5) is 22.2. The molecule has 1 aliphatic rings. The number of carbonyl (C=O) groups is 2. The quantitative estimate of drug-likeness (QED) is 0.656. The minimum absolute atomic E-state index is 0.00614. The van der Waals surface area contributed by atoms with Crippen molar-refractivity contribution in [1.29, 1.82) is 0 Å². The summed E-state index contributed by atoms with van der Waals surface area (Å²) in [6.45, 7) is 2.56. The molecular weight excluding hydrogens is 300 g/mol. The number of aliphatic hydroxyl groups is 1. The van der Waals surface area contributed by atoms with Crippen molar-refractivity contribution in [2.45, 2.75) is 38.8 Å². The molecule has 6 nitrogen and oxygen atoms in total. The third kappa shape index (κ3) is 4.91. The minimum atomic E-state index is -0.607. The van der Waals surface area contributed by atoms with E-state index in [-0.39, 0.29) is 19.3 Å². The molecule has 0 unspecified atom stereocenters. The first kappa shape index (κ1) is 17.2. The van der Waals surface area contributed by atoms with E-state index in [4.69, 9.17) is 14.2 Å². The van der Waals surface area contributed by atoms with Crippen LogP contribution in [-0.2, 0) is 30.4 Å². The van der Waals surface area contributed by atoms with Crippen LogP contribution >= 0.6 is 0 Å². The van der Waals surface area contributed by atoms with Crippen LogP contribution in [0.4, 0.5) is 0 Å². The molecule has 3 atom stereocenters. The van der Waals surface area contributed by atoms with Gasteiger partial charge in [-0.1, -0.05) is 30.3 Å². The predicted octanol–water partition coefficient (Wildman–Crippen LogP) is 1.67. The van der Waals surface area contributed by atoms with Crippen molar-refractivity contribution >= 4 is 11.9 Å². The molecule has 124 valence electrons. The van der Waals surface area contributed by atoms with Crippen LogP contribution in [0.3, 0.4) is 0 Å². The summed E-state index contributed by atoms with van der Waals surface area (Å²) in [6, 6.07) is 7.36. The van der Waals surface area contributed by atoms with Crippen LogP contribution in [0.1, 0.15) is 31.1 Å². The monoisotopic (exact) mass is 320 g/mol. The summed E-state index contributed by atoms with van der Waals surface area (Å²) in [5, 5.41) is 9.23. The first-order chi connectivity index (χ1) is 11.0. The topological polar surface area (TPSA) is 82.1 Å². The number of hydrogen-bond acceptors (Lipinski definition) is 6. The Labute approximate surface area is 134 Å². The van der Waals surface area contributed by atoms with Crippen molar-refractivity contribution in [1.82, 2.24) is 0 Å². The van der Waals surface area contributed by atoms with Crippen LogP contribution in [0.15, 0.2) is 36.4 Å². The van der Waals surface area contributed by atoms with Gasteiger partial charge in [0, 0.05) is 13.8 Å². The molecule has 0 bridgehead atoms. The lowest BCUT2D eigenvalue weighted by Gasteiger charge is -2.31. The van der Waals surface area contributed by atoms with Gasteiger partial charge in [-0.25, -0.2) is 0 Å². The number of rotatable bonds is 5. The summed E-state index contributed by atoms with van der Waals surface area (Å²) in [7, 11) is 0. The van der Waals surface area contributed by atoms with Gasteiger partial charge < -0.3 is 19.3 Å².